The van der Waals surface area contributed by atoms with Gasteiger partial charge in [-0.2, -0.15) is 0 Å². The summed E-state index contributed by atoms with van der Waals surface area (Å²) in [6.07, 6.45) is 12.7. The standard InChI is InChI=1S/C24H31N5/c1-22(2,3)19-14-27-21(28-15-19)12-24(6,20-9-11-26-17-29-20)16-23(4,5)18-8-7-10-25-13-18/h7-11,13-15,17H,12,16H2,1-6H3. The number of aromatic nitrogens is 5. The number of hydrogen-bond acceptors (Lipinski definition) is 5. The Morgan fingerprint density at radius 3 is 2.03 bits per heavy atom. The van der Waals surface area contributed by atoms with Gasteiger partial charge in [-0.3, -0.25) is 4.98 Å². The van der Waals surface area contributed by atoms with Crippen LogP contribution in [0.25, 0.3) is 0 Å². The first-order valence-corrected chi connectivity index (χ1v) is 10.1. The Labute approximate surface area is 174 Å². The van der Waals surface area contributed by atoms with Crippen molar-refractivity contribution in [1.82, 2.24) is 24.9 Å². The van der Waals surface area contributed by atoms with Gasteiger partial charge < -0.3 is 0 Å². The average Bonchev–Trinajstić information content (AvgIpc) is 2.69. The minimum atomic E-state index is -0.245. The quantitative estimate of drug-likeness (QED) is 0.604. The van der Waals surface area contributed by atoms with Gasteiger partial charge in [0.2, 0.25) is 0 Å². The van der Waals surface area contributed by atoms with Crippen molar-refractivity contribution in [3.05, 3.63) is 78.2 Å². The molecule has 0 spiro atoms. The van der Waals surface area contributed by atoms with Crippen molar-refractivity contribution in [2.45, 2.75) is 70.6 Å². The van der Waals surface area contributed by atoms with E-state index in [4.69, 9.17) is 9.97 Å². The molecule has 0 aliphatic carbocycles. The van der Waals surface area contributed by atoms with Gasteiger partial charge in [-0.1, -0.05) is 47.6 Å². The average molecular weight is 390 g/mol. The maximum Gasteiger partial charge on any atom is 0.129 e. The van der Waals surface area contributed by atoms with Crippen LogP contribution in [0.5, 0.6) is 0 Å². The fourth-order valence-corrected chi connectivity index (χ4v) is 3.91. The third-order valence-corrected chi connectivity index (χ3v) is 5.60. The Balaban J connectivity index is 1.94. The summed E-state index contributed by atoms with van der Waals surface area (Å²) in [6, 6.07) is 6.14. The molecule has 3 aromatic heterocycles. The van der Waals surface area contributed by atoms with E-state index in [2.05, 4.69) is 62.6 Å². The molecule has 152 valence electrons. The summed E-state index contributed by atoms with van der Waals surface area (Å²) < 4.78 is 0. The third-order valence-electron chi connectivity index (χ3n) is 5.60. The van der Waals surface area contributed by atoms with E-state index in [1.165, 1.54) is 5.56 Å². The van der Waals surface area contributed by atoms with E-state index >= 15 is 0 Å². The minimum absolute atomic E-state index is 0.0385. The van der Waals surface area contributed by atoms with Crippen LogP contribution in [0.1, 0.15) is 70.6 Å². The molecule has 29 heavy (non-hydrogen) atoms. The summed E-state index contributed by atoms with van der Waals surface area (Å²) >= 11 is 0. The van der Waals surface area contributed by atoms with Crippen molar-refractivity contribution in [2.24, 2.45) is 0 Å². The zero-order valence-corrected chi connectivity index (χ0v) is 18.3. The lowest BCUT2D eigenvalue weighted by Crippen LogP contribution is -2.35. The molecule has 0 fully saturated rings. The number of nitrogens with zero attached hydrogens (tertiary/aromatic N) is 5. The lowest BCUT2D eigenvalue weighted by atomic mass is 9.67. The predicted molar refractivity (Wildman–Crippen MR) is 116 cm³/mol. The molecule has 0 radical (unpaired) electrons. The number of rotatable bonds is 6. The Morgan fingerprint density at radius 2 is 1.48 bits per heavy atom. The Morgan fingerprint density at radius 1 is 0.759 bits per heavy atom. The van der Waals surface area contributed by atoms with Crippen molar-refractivity contribution in [2.75, 3.05) is 0 Å². The Kier molecular flexibility index (Phi) is 5.78. The topological polar surface area (TPSA) is 64.5 Å². The molecule has 3 heterocycles. The van der Waals surface area contributed by atoms with Crippen molar-refractivity contribution in [3.63, 3.8) is 0 Å². The highest BCUT2D eigenvalue weighted by Gasteiger charge is 2.37. The summed E-state index contributed by atoms with van der Waals surface area (Å²) in [7, 11) is 0. The van der Waals surface area contributed by atoms with Gasteiger partial charge in [0, 0.05) is 42.8 Å². The lowest BCUT2D eigenvalue weighted by molar-refractivity contribution is 0.311. The van der Waals surface area contributed by atoms with Gasteiger partial charge >= 0.3 is 0 Å². The zero-order chi connectivity index (χ0) is 21.1. The van der Waals surface area contributed by atoms with Gasteiger partial charge in [0.05, 0.1) is 5.69 Å². The Bertz CT molecular complexity index is 915. The van der Waals surface area contributed by atoms with Gasteiger partial charge in [-0.25, -0.2) is 19.9 Å². The van der Waals surface area contributed by atoms with Crippen molar-refractivity contribution in [1.29, 1.82) is 0 Å². The first-order chi connectivity index (χ1) is 13.6. The van der Waals surface area contributed by atoms with Crippen LogP contribution in [-0.4, -0.2) is 24.9 Å². The molecule has 0 N–H and O–H groups in total. The van der Waals surface area contributed by atoms with E-state index in [9.17, 15) is 0 Å². The largest absolute Gasteiger partial charge is 0.264 e. The van der Waals surface area contributed by atoms with Crippen LogP contribution < -0.4 is 0 Å². The third kappa shape index (κ3) is 5.03. The van der Waals surface area contributed by atoms with Gasteiger partial charge in [-0.15, -0.1) is 0 Å². The van der Waals surface area contributed by atoms with Crippen LogP contribution in [0.3, 0.4) is 0 Å². The van der Waals surface area contributed by atoms with Gasteiger partial charge in [0.1, 0.15) is 12.2 Å². The van der Waals surface area contributed by atoms with Crippen LogP contribution in [-0.2, 0) is 22.7 Å². The second-order valence-corrected chi connectivity index (χ2v) is 9.77. The second kappa shape index (κ2) is 7.97. The van der Waals surface area contributed by atoms with Crippen LogP contribution in [0.2, 0.25) is 0 Å². The number of pyridine rings is 1. The fraction of sp³-hybridized carbons (Fsp3) is 0.458. The summed E-state index contributed by atoms with van der Waals surface area (Å²) in [5.41, 5.74) is 3.07. The molecule has 1 atom stereocenters. The molecule has 0 aromatic carbocycles. The van der Waals surface area contributed by atoms with E-state index < -0.39 is 0 Å². The molecule has 0 amide bonds. The van der Waals surface area contributed by atoms with Crippen molar-refractivity contribution < 1.29 is 0 Å². The summed E-state index contributed by atoms with van der Waals surface area (Å²) in [5.74, 6) is 0.834. The van der Waals surface area contributed by atoms with E-state index in [0.717, 1.165) is 23.5 Å². The first kappa shape index (κ1) is 21.0. The maximum absolute atomic E-state index is 4.69. The zero-order valence-electron chi connectivity index (χ0n) is 18.3. The van der Waals surface area contributed by atoms with Crippen molar-refractivity contribution in [3.8, 4) is 0 Å². The van der Waals surface area contributed by atoms with E-state index in [1.54, 1.807) is 12.5 Å². The highest BCUT2D eigenvalue weighted by molar-refractivity contribution is 5.25. The Hall–Kier alpha value is -2.69. The maximum atomic E-state index is 4.69. The van der Waals surface area contributed by atoms with Crippen LogP contribution in [0.4, 0.5) is 0 Å². The van der Waals surface area contributed by atoms with Crippen LogP contribution >= 0.6 is 0 Å². The minimum Gasteiger partial charge on any atom is -0.264 e. The molecule has 3 rings (SSSR count). The monoisotopic (exact) mass is 389 g/mol. The van der Waals surface area contributed by atoms with Gasteiger partial charge in [0.25, 0.3) is 0 Å². The molecule has 0 saturated heterocycles. The molecule has 5 heteroatoms. The van der Waals surface area contributed by atoms with E-state index in [0.29, 0.717) is 6.42 Å². The predicted octanol–water partition coefficient (Wildman–Crippen LogP) is 4.83. The molecule has 0 saturated carbocycles. The smallest absolute Gasteiger partial charge is 0.129 e. The van der Waals surface area contributed by atoms with Crippen LogP contribution in [0.15, 0.2) is 55.5 Å². The van der Waals surface area contributed by atoms with Gasteiger partial charge in [0.15, 0.2) is 0 Å². The van der Waals surface area contributed by atoms with Crippen molar-refractivity contribution >= 4 is 0 Å². The molecule has 0 aliphatic rings. The van der Waals surface area contributed by atoms with Gasteiger partial charge in [-0.05, 0) is 40.5 Å². The molecular weight excluding hydrogens is 358 g/mol. The normalized spacial score (nSPS) is 14.4. The highest BCUT2D eigenvalue weighted by atomic mass is 14.9. The summed E-state index contributed by atoms with van der Waals surface area (Å²) in [4.78, 5) is 22.4. The molecule has 0 bridgehead atoms. The molecule has 5 nitrogen and oxygen atoms in total. The van der Waals surface area contributed by atoms with E-state index in [-0.39, 0.29) is 16.2 Å². The van der Waals surface area contributed by atoms with Crippen LogP contribution in [0, 0.1) is 0 Å². The molecule has 0 aliphatic heterocycles. The van der Waals surface area contributed by atoms with E-state index in [1.807, 2.05) is 36.9 Å². The SMILES string of the molecule is CC(C)(C)c1cnc(CC(C)(CC(C)(C)c2cccnc2)c2ccncn2)nc1. The summed E-state index contributed by atoms with van der Waals surface area (Å²) in [6.45, 7) is 13.3. The lowest BCUT2D eigenvalue weighted by Gasteiger charge is -2.37. The number of hydrogen-bond donors (Lipinski definition) is 0. The summed E-state index contributed by atoms with van der Waals surface area (Å²) in [5, 5.41) is 0. The molecular formula is C24H31N5. The highest BCUT2D eigenvalue weighted by Crippen LogP contribution is 2.40. The second-order valence-electron chi connectivity index (χ2n) is 9.77. The first-order valence-electron chi connectivity index (χ1n) is 10.1. The fourth-order valence-electron chi connectivity index (χ4n) is 3.91. The molecule has 3 aromatic rings. The molecule has 1 unspecified atom stereocenters.